The summed E-state index contributed by atoms with van der Waals surface area (Å²) >= 11 is 5.90. The minimum Gasteiger partial charge on any atom is -0.373 e. The molecule has 0 aliphatic heterocycles. The Bertz CT molecular complexity index is 675. The third-order valence-electron chi connectivity index (χ3n) is 3.86. The Morgan fingerprint density at radius 3 is 2.41 bits per heavy atom. The van der Waals surface area contributed by atoms with Gasteiger partial charge in [-0.1, -0.05) is 35.9 Å². The van der Waals surface area contributed by atoms with E-state index in [1.54, 1.807) is 43.3 Å². The van der Waals surface area contributed by atoms with E-state index in [0.717, 1.165) is 5.56 Å². The maximum Gasteiger partial charge on any atom is 0.228 e. The molecule has 2 aromatic carbocycles. The number of hydrogen-bond donors (Lipinski definition) is 1. The Morgan fingerprint density at radius 1 is 1.27 bits per heavy atom. The second-order valence-electron chi connectivity index (χ2n) is 5.21. The lowest BCUT2D eigenvalue weighted by atomic mass is 9.78. The zero-order chi connectivity index (χ0) is 16.3. The van der Waals surface area contributed by atoms with Crippen LogP contribution in [0.1, 0.15) is 24.0 Å². The van der Waals surface area contributed by atoms with Crippen LogP contribution in [0.3, 0.4) is 0 Å². The molecule has 5 heteroatoms. The summed E-state index contributed by atoms with van der Waals surface area (Å²) in [5.74, 6) is -1.86. The van der Waals surface area contributed by atoms with E-state index in [1.165, 1.54) is 19.2 Å². The quantitative estimate of drug-likeness (QED) is 0.914. The highest BCUT2D eigenvalue weighted by molar-refractivity contribution is 6.30. The van der Waals surface area contributed by atoms with E-state index in [1.807, 2.05) is 0 Å². The highest BCUT2D eigenvalue weighted by Gasteiger charge is 2.41. The van der Waals surface area contributed by atoms with Crippen LogP contribution in [0, 0.1) is 5.82 Å². The smallest absolute Gasteiger partial charge is 0.228 e. The third-order valence-corrected chi connectivity index (χ3v) is 4.11. The Morgan fingerprint density at radius 2 is 1.91 bits per heavy atom. The lowest BCUT2D eigenvalue weighted by Gasteiger charge is -2.35. The van der Waals surface area contributed by atoms with Crippen LogP contribution in [0.25, 0.3) is 0 Å². The topological polar surface area (TPSA) is 52.3 Å². The van der Waals surface area contributed by atoms with E-state index in [0.29, 0.717) is 10.6 Å². The fraction of sp³-hybridized carbons (Fsp3) is 0.235. The fourth-order valence-electron chi connectivity index (χ4n) is 2.62. The zero-order valence-electron chi connectivity index (χ0n) is 12.3. The number of rotatable bonds is 5. The molecule has 2 N–H and O–H groups in total. The largest absolute Gasteiger partial charge is 0.373 e. The fourth-order valence-corrected chi connectivity index (χ4v) is 2.75. The van der Waals surface area contributed by atoms with E-state index in [9.17, 15) is 9.18 Å². The monoisotopic (exact) mass is 321 g/mol. The molecule has 2 rings (SSSR count). The van der Waals surface area contributed by atoms with Crippen molar-refractivity contribution >= 4 is 17.5 Å². The molecule has 0 spiro atoms. The van der Waals surface area contributed by atoms with Crippen LogP contribution in [-0.4, -0.2) is 13.0 Å². The number of methoxy groups -OCH3 is 1. The first-order chi connectivity index (χ1) is 10.4. The third kappa shape index (κ3) is 3.13. The minimum atomic E-state index is -1.04. The first-order valence-corrected chi connectivity index (χ1v) is 7.12. The van der Waals surface area contributed by atoms with Crippen molar-refractivity contribution in [2.24, 2.45) is 5.73 Å². The Labute approximate surface area is 133 Å². The van der Waals surface area contributed by atoms with E-state index in [2.05, 4.69) is 0 Å². The van der Waals surface area contributed by atoms with Crippen molar-refractivity contribution in [3.05, 3.63) is 70.5 Å². The van der Waals surface area contributed by atoms with Crippen molar-refractivity contribution in [1.29, 1.82) is 0 Å². The van der Waals surface area contributed by atoms with Gasteiger partial charge in [-0.2, -0.15) is 0 Å². The van der Waals surface area contributed by atoms with Crippen LogP contribution in [0.15, 0.2) is 48.5 Å². The van der Waals surface area contributed by atoms with Crippen molar-refractivity contribution < 1.29 is 13.9 Å². The summed E-state index contributed by atoms with van der Waals surface area (Å²) in [7, 11) is 1.49. The average Bonchev–Trinajstić information content (AvgIpc) is 2.47. The van der Waals surface area contributed by atoms with Gasteiger partial charge in [-0.05, 0) is 42.3 Å². The van der Waals surface area contributed by atoms with Crippen molar-refractivity contribution in [3.8, 4) is 0 Å². The molecule has 116 valence electrons. The zero-order valence-corrected chi connectivity index (χ0v) is 13.1. The summed E-state index contributed by atoms with van der Waals surface area (Å²) in [5, 5.41) is 0.573. The van der Waals surface area contributed by atoms with Crippen molar-refractivity contribution in [1.82, 2.24) is 0 Å². The highest BCUT2D eigenvalue weighted by Crippen LogP contribution is 2.40. The Hall–Kier alpha value is -1.91. The summed E-state index contributed by atoms with van der Waals surface area (Å²) in [6.45, 7) is 1.75. The second kappa shape index (κ2) is 6.46. The van der Waals surface area contributed by atoms with Crippen LogP contribution in [0.2, 0.25) is 5.02 Å². The molecule has 0 saturated heterocycles. The van der Waals surface area contributed by atoms with Crippen LogP contribution < -0.4 is 5.73 Å². The molecule has 2 unspecified atom stereocenters. The van der Waals surface area contributed by atoms with Gasteiger partial charge in [0.15, 0.2) is 0 Å². The molecule has 0 heterocycles. The summed E-state index contributed by atoms with van der Waals surface area (Å²) in [6, 6.07) is 12.7. The molecule has 0 fully saturated rings. The molecule has 2 atom stereocenters. The number of ether oxygens (including phenoxy) is 1. The maximum absolute atomic E-state index is 13.5. The molecule has 0 bridgehead atoms. The number of primary amides is 1. The van der Waals surface area contributed by atoms with Gasteiger partial charge in [-0.3, -0.25) is 4.79 Å². The van der Waals surface area contributed by atoms with Gasteiger partial charge in [0, 0.05) is 12.1 Å². The molecular formula is C17H17ClFNO2. The number of amides is 1. The van der Waals surface area contributed by atoms with E-state index in [4.69, 9.17) is 22.1 Å². The number of carbonyl (C=O) groups is 1. The molecule has 0 saturated carbocycles. The number of carbonyl (C=O) groups excluding carboxylic acids is 1. The van der Waals surface area contributed by atoms with Gasteiger partial charge in [-0.15, -0.1) is 0 Å². The van der Waals surface area contributed by atoms with Gasteiger partial charge in [0.25, 0.3) is 0 Å². The van der Waals surface area contributed by atoms with Crippen molar-refractivity contribution in [2.45, 2.75) is 18.4 Å². The van der Waals surface area contributed by atoms with Gasteiger partial charge < -0.3 is 10.5 Å². The standard InChI is InChI=1S/C17H17ClFNO2/c1-17(22-2,12-6-8-13(18)9-7-12)15(16(20)21)11-4-3-5-14(19)10-11/h3-10,15H,1-2H3,(H2,20,21). The number of halogens is 2. The van der Waals surface area contributed by atoms with Crippen molar-refractivity contribution in [2.75, 3.05) is 7.11 Å². The molecular weight excluding hydrogens is 305 g/mol. The summed E-state index contributed by atoms with van der Waals surface area (Å²) in [5.41, 5.74) is 5.74. The predicted octanol–water partition coefficient (Wildman–Crippen LogP) is 3.61. The first kappa shape index (κ1) is 16.5. The number of nitrogens with two attached hydrogens (primary N) is 1. The predicted molar refractivity (Wildman–Crippen MR) is 84.1 cm³/mol. The first-order valence-electron chi connectivity index (χ1n) is 6.74. The van der Waals surface area contributed by atoms with Gasteiger partial charge in [0.2, 0.25) is 5.91 Å². The summed E-state index contributed by atoms with van der Waals surface area (Å²) < 4.78 is 19.1. The van der Waals surface area contributed by atoms with Gasteiger partial charge >= 0.3 is 0 Å². The van der Waals surface area contributed by atoms with Crippen LogP contribution in [-0.2, 0) is 15.1 Å². The summed E-state index contributed by atoms with van der Waals surface area (Å²) in [4.78, 5) is 12.1. The van der Waals surface area contributed by atoms with Crippen LogP contribution >= 0.6 is 11.6 Å². The maximum atomic E-state index is 13.5. The van der Waals surface area contributed by atoms with E-state index < -0.39 is 23.2 Å². The highest BCUT2D eigenvalue weighted by atomic mass is 35.5. The van der Waals surface area contributed by atoms with Crippen molar-refractivity contribution in [3.63, 3.8) is 0 Å². The number of hydrogen-bond acceptors (Lipinski definition) is 2. The molecule has 3 nitrogen and oxygen atoms in total. The van der Waals surface area contributed by atoms with Gasteiger partial charge in [0.1, 0.15) is 11.4 Å². The van der Waals surface area contributed by atoms with Crippen LogP contribution in [0.5, 0.6) is 0 Å². The molecule has 0 aromatic heterocycles. The minimum absolute atomic E-state index is 0.432. The molecule has 2 aromatic rings. The SMILES string of the molecule is COC(C)(c1ccc(Cl)cc1)C(C(N)=O)c1cccc(F)c1. The van der Waals surface area contributed by atoms with Gasteiger partial charge in [-0.25, -0.2) is 4.39 Å². The van der Waals surface area contributed by atoms with Gasteiger partial charge in [0.05, 0.1) is 5.92 Å². The Balaban J connectivity index is 2.57. The van der Waals surface area contributed by atoms with E-state index >= 15 is 0 Å². The lowest BCUT2D eigenvalue weighted by molar-refractivity contribution is -0.127. The average molecular weight is 322 g/mol. The molecule has 0 aliphatic carbocycles. The van der Waals surface area contributed by atoms with Crippen LogP contribution in [0.4, 0.5) is 4.39 Å². The lowest BCUT2D eigenvalue weighted by Crippen LogP contribution is -2.40. The Kier molecular flexibility index (Phi) is 4.84. The number of benzene rings is 2. The second-order valence-corrected chi connectivity index (χ2v) is 5.64. The molecule has 22 heavy (non-hydrogen) atoms. The molecule has 0 aliphatic rings. The molecule has 1 amide bonds. The normalized spacial score (nSPS) is 15.1. The summed E-state index contributed by atoms with van der Waals surface area (Å²) in [6.07, 6.45) is 0. The van der Waals surface area contributed by atoms with E-state index in [-0.39, 0.29) is 0 Å². The molecule has 0 radical (unpaired) electrons.